The van der Waals surface area contributed by atoms with Gasteiger partial charge in [-0.1, -0.05) is 12.1 Å². The third-order valence-electron chi connectivity index (χ3n) is 4.29. The van der Waals surface area contributed by atoms with Crippen LogP contribution in [0.5, 0.6) is 0 Å². The Labute approximate surface area is 141 Å². The van der Waals surface area contributed by atoms with E-state index in [9.17, 15) is 8.42 Å². The molecular weight excluding hydrogens is 330 g/mol. The number of nitrogens with zero attached hydrogens (tertiary/aromatic N) is 1. The van der Waals surface area contributed by atoms with Crippen LogP contribution in [0, 0.1) is 6.92 Å². The zero-order valence-corrected chi connectivity index (χ0v) is 15.0. The van der Waals surface area contributed by atoms with Gasteiger partial charge < -0.3 is 4.74 Å². The van der Waals surface area contributed by atoms with Gasteiger partial charge in [0.05, 0.1) is 11.5 Å². The summed E-state index contributed by atoms with van der Waals surface area (Å²) in [6.07, 6.45) is 1.74. The van der Waals surface area contributed by atoms with E-state index in [4.69, 9.17) is 4.74 Å². The van der Waals surface area contributed by atoms with Gasteiger partial charge in [-0.25, -0.2) is 8.42 Å². The summed E-state index contributed by atoms with van der Waals surface area (Å²) >= 11 is 1.63. The van der Waals surface area contributed by atoms with Crippen molar-refractivity contribution < 1.29 is 13.2 Å². The lowest BCUT2D eigenvalue weighted by Gasteiger charge is -2.23. The summed E-state index contributed by atoms with van der Waals surface area (Å²) in [4.78, 5) is 0.364. The molecule has 0 radical (unpaired) electrons. The van der Waals surface area contributed by atoms with Crippen LogP contribution in [0.25, 0.3) is 11.1 Å². The summed E-state index contributed by atoms with van der Waals surface area (Å²) in [5.74, 6) is 0. The Bertz CT molecular complexity index is 783. The van der Waals surface area contributed by atoms with Gasteiger partial charge in [0.2, 0.25) is 10.0 Å². The van der Waals surface area contributed by atoms with Crippen LogP contribution in [0.15, 0.2) is 39.9 Å². The molecule has 1 fully saturated rings. The fourth-order valence-corrected chi connectivity index (χ4v) is 5.68. The second kappa shape index (κ2) is 6.73. The number of hydrogen-bond acceptors (Lipinski definition) is 4. The number of methoxy groups -OCH3 is 1. The molecule has 0 amide bonds. The predicted octanol–water partition coefficient (Wildman–Crippen LogP) is 3.52. The van der Waals surface area contributed by atoms with Gasteiger partial charge in [-0.2, -0.15) is 15.6 Å². The zero-order valence-electron chi connectivity index (χ0n) is 13.4. The summed E-state index contributed by atoms with van der Waals surface area (Å²) < 4.78 is 32.8. The number of aryl methyl sites for hydroxylation is 1. The summed E-state index contributed by atoms with van der Waals surface area (Å²) in [5.41, 5.74) is 3.22. The van der Waals surface area contributed by atoms with E-state index in [0.717, 1.165) is 24.0 Å². The van der Waals surface area contributed by atoms with E-state index in [1.54, 1.807) is 34.9 Å². The molecular formula is C17H21NO3S2. The van der Waals surface area contributed by atoms with Gasteiger partial charge in [0.25, 0.3) is 0 Å². The van der Waals surface area contributed by atoms with Crippen molar-refractivity contribution in [2.45, 2.75) is 30.7 Å². The lowest BCUT2D eigenvalue weighted by atomic mass is 10.1. The van der Waals surface area contributed by atoms with Gasteiger partial charge in [-0.15, -0.1) is 0 Å². The monoisotopic (exact) mass is 351 g/mol. The molecule has 1 aromatic heterocycles. The van der Waals surface area contributed by atoms with Crippen molar-refractivity contribution in [2.75, 3.05) is 20.3 Å². The Morgan fingerprint density at radius 2 is 2.17 bits per heavy atom. The third kappa shape index (κ3) is 3.21. The minimum atomic E-state index is -3.48. The highest BCUT2D eigenvalue weighted by atomic mass is 32.2. The quantitative estimate of drug-likeness (QED) is 0.828. The molecule has 1 aliphatic heterocycles. The van der Waals surface area contributed by atoms with Gasteiger partial charge in [0.1, 0.15) is 0 Å². The average molecular weight is 351 g/mol. The van der Waals surface area contributed by atoms with Crippen molar-refractivity contribution in [2.24, 2.45) is 0 Å². The van der Waals surface area contributed by atoms with Crippen molar-refractivity contribution in [3.8, 4) is 11.1 Å². The minimum absolute atomic E-state index is 0.0588. The fraction of sp³-hybridized carbons (Fsp3) is 0.412. The van der Waals surface area contributed by atoms with Gasteiger partial charge in [-0.05, 0) is 59.3 Å². The number of rotatable bonds is 5. The molecule has 0 aliphatic carbocycles. The summed E-state index contributed by atoms with van der Waals surface area (Å²) in [7, 11) is -1.87. The van der Waals surface area contributed by atoms with Crippen LogP contribution in [0.4, 0.5) is 0 Å². The largest absolute Gasteiger partial charge is 0.383 e. The van der Waals surface area contributed by atoms with Crippen LogP contribution < -0.4 is 0 Å². The van der Waals surface area contributed by atoms with E-state index in [2.05, 4.69) is 10.8 Å². The second-order valence-corrected chi connectivity index (χ2v) is 8.50. The van der Waals surface area contributed by atoms with Crippen molar-refractivity contribution in [3.05, 3.63) is 40.6 Å². The maximum atomic E-state index is 13.0. The van der Waals surface area contributed by atoms with E-state index in [1.165, 1.54) is 5.56 Å². The van der Waals surface area contributed by atoms with Crippen LogP contribution >= 0.6 is 11.3 Å². The Balaban J connectivity index is 1.96. The molecule has 2 heterocycles. The van der Waals surface area contributed by atoms with Crippen molar-refractivity contribution in [3.63, 3.8) is 0 Å². The highest BCUT2D eigenvalue weighted by Crippen LogP contribution is 2.31. The lowest BCUT2D eigenvalue weighted by Crippen LogP contribution is -2.38. The van der Waals surface area contributed by atoms with Crippen LogP contribution in [-0.4, -0.2) is 39.0 Å². The minimum Gasteiger partial charge on any atom is -0.383 e. The molecule has 1 saturated heterocycles. The van der Waals surface area contributed by atoms with E-state index in [0.29, 0.717) is 18.0 Å². The molecule has 4 nitrogen and oxygen atoms in total. The van der Waals surface area contributed by atoms with Gasteiger partial charge in [0.15, 0.2) is 0 Å². The SMILES string of the molecule is COC[C@@H]1CCCN1S(=O)(=O)c1cccc(-c2cscc2C)c1. The Hall–Kier alpha value is -1.21. The molecule has 0 bridgehead atoms. The van der Waals surface area contributed by atoms with Crippen molar-refractivity contribution >= 4 is 21.4 Å². The zero-order chi connectivity index (χ0) is 16.4. The lowest BCUT2D eigenvalue weighted by molar-refractivity contribution is 0.149. The van der Waals surface area contributed by atoms with Crippen molar-refractivity contribution in [1.29, 1.82) is 0 Å². The number of sulfonamides is 1. The number of ether oxygens (including phenoxy) is 1. The smallest absolute Gasteiger partial charge is 0.243 e. The first-order valence-electron chi connectivity index (χ1n) is 7.68. The Morgan fingerprint density at radius 3 is 2.87 bits per heavy atom. The molecule has 23 heavy (non-hydrogen) atoms. The molecule has 0 spiro atoms. The highest BCUT2D eigenvalue weighted by molar-refractivity contribution is 7.89. The maximum absolute atomic E-state index is 13.0. The molecule has 6 heteroatoms. The first-order chi connectivity index (χ1) is 11.0. The molecule has 1 aromatic carbocycles. The fourth-order valence-electron chi connectivity index (χ4n) is 3.10. The third-order valence-corrected chi connectivity index (χ3v) is 7.10. The van der Waals surface area contributed by atoms with Crippen molar-refractivity contribution in [1.82, 2.24) is 4.31 Å². The molecule has 3 rings (SSSR count). The van der Waals surface area contributed by atoms with E-state index < -0.39 is 10.0 Å². The summed E-state index contributed by atoms with van der Waals surface area (Å²) in [5, 5.41) is 4.14. The molecule has 0 N–H and O–H groups in total. The van der Waals surface area contributed by atoms with Gasteiger partial charge >= 0.3 is 0 Å². The topological polar surface area (TPSA) is 46.6 Å². The van der Waals surface area contributed by atoms with Crippen LogP contribution in [0.1, 0.15) is 18.4 Å². The van der Waals surface area contributed by atoms with Crippen LogP contribution in [0.2, 0.25) is 0 Å². The maximum Gasteiger partial charge on any atom is 0.243 e. The van der Waals surface area contributed by atoms with Gasteiger partial charge in [-0.3, -0.25) is 0 Å². The molecule has 124 valence electrons. The number of benzene rings is 1. The Morgan fingerprint density at radius 1 is 1.35 bits per heavy atom. The van der Waals surface area contributed by atoms with Gasteiger partial charge in [0, 0.05) is 19.7 Å². The molecule has 0 unspecified atom stereocenters. The van der Waals surface area contributed by atoms with Crippen LogP contribution in [-0.2, 0) is 14.8 Å². The summed E-state index contributed by atoms with van der Waals surface area (Å²) in [6, 6.07) is 7.19. The average Bonchev–Trinajstić information content (AvgIpc) is 3.17. The van der Waals surface area contributed by atoms with E-state index >= 15 is 0 Å². The summed E-state index contributed by atoms with van der Waals surface area (Å²) in [6.45, 7) is 3.06. The standard InChI is InChI=1S/C17H21NO3S2/c1-13-11-22-12-17(13)14-5-3-7-16(9-14)23(19,20)18-8-4-6-15(18)10-21-2/h3,5,7,9,11-12,15H,4,6,8,10H2,1-2H3/t15-/m0/s1. The molecule has 0 saturated carbocycles. The van der Waals surface area contributed by atoms with Crippen LogP contribution in [0.3, 0.4) is 0 Å². The molecule has 1 atom stereocenters. The first kappa shape index (κ1) is 16.6. The molecule has 1 aliphatic rings. The normalized spacial score (nSPS) is 19.3. The van der Waals surface area contributed by atoms with E-state index in [-0.39, 0.29) is 6.04 Å². The Kier molecular flexibility index (Phi) is 4.87. The molecule has 2 aromatic rings. The number of hydrogen-bond donors (Lipinski definition) is 0. The number of thiophene rings is 1. The predicted molar refractivity (Wildman–Crippen MR) is 93.3 cm³/mol. The highest BCUT2D eigenvalue weighted by Gasteiger charge is 2.35. The first-order valence-corrected chi connectivity index (χ1v) is 10.1. The van der Waals surface area contributed by atoms with E-state index in [1.807, 2.05) is 19.1 Å². The second-order valence-electron chi connectivity index (χ2n) is 5.86.